The van der Waals surface area contributed by atoms with Crippen molar-refractivity contribution < 1.29 is 4.74 Å². The second-order valence-corrected chi connectivity index (χ2v) is 4.88. The fraction of sp³-hybridized carbons (Fsp3) is 0.462. The number of nitrogens with one attached hydrogen (secondary N) is 1. The third-order valence-corrected chi connectivity index (χ3v) is 3.19. The number of ether oxygens (including phenoxy) is 1. The zero-order valence-corrected chi connectivity index (χ0v) is 12.4. The minimum absolute atomic E-state index is 0.747. The van der Waals surface area contributed by atoms with Crippen molar-refractivity contribution in [2.45, 2.75) is 13.0 Å². The van der Waals surface area contributed by atoms with Crippen molar-refractivity contribution in [2.75, 3.05) is 27.3 Å². The van der Waals surface area contributed by atoms with Crippen LogP contribution in [0, 0.1) is 0 Å². The van der Waals surface area contributed by atoms with Gasteiger partial charge in [0, 0.05) is 38.9 Å². The van der Waals surface area contributed by atoms with E-state index in [9.17, 15) is 0 Å². The van der Waals surface area contributed by atoms with Crippen molar-refractivity contribution in [1.29, 1.82) is 0 Å². The quantitative estimate of drug-likeness (QED) is 0.642. The minimum atomic E-state index is 0.747. The van der Waals surface area contributed by atoms with Gasteiger partial charge in [-0.2, -0.15) is 0 Å². The van der Waals surface area contributed by atoms with Crippen molar-refractivity contribution >= 4 is 28.9 Å². The van der Waals surface area contributed by atoms with Gasteiger partial charge in [-0.25, -0.2) is 0 Å². The number of methoxy groups -OCH3 is 1. The van der Waals surface area contributed by atoms with Crippen molar-refractivity contribution in [3.8, 4) is 0 Å². The molecule has 0 radical (unpaired) electrons. The summed E-state index contributed by atoms with van der Waals surface area (Å²) < 4.78 is 4.98. The maximum Gasteiger partial charge on any atom is 0.168 e. The van der Waals surface area contributed by atoms with Gasteiger partial charge in [0.05, 0.1) is 0 Å². The number of hydrogen-bond acceptors (Lipinski definition) is 2. The van der Waals surface area contributed by atoms with Gasteiger partial charge in [0.2, 0.25) is 0 Å². The molecule has 0 atom stereocenters. The molecule has 0 amide bonds. The average Bonchev–Trinajstić information content (AvgIpc) is 2.37. The number of thiocarbonyl (C=S) groups is 1. The van der Waals surface area contributed by atoms with Crippen LogP contribution in [0.1, 0.15) is 12.0 Å². The average molecular weight is 287 g/mol. The number of nitrogens with zero attached hydrogens (tertiary/aromatic N) is 1. The number of benzene rings is 1. The predicted molar refractivity (Wildman–Crippen MR) is 80.0 cm³/mol. The molecule has 0 saturated heterocycles. The fourth-order valence-corrected chi connectivity index (χ4v) is 1.77. The van der Waals surface area contributed by atoms with Crippen LogP contribution in [0.15, 0.2) is 24.3 Å². The van der Waals surface area contributed by atoms with E-state index in [1.165, 1.54) is 5.56 Å². The third-order valence-electron chi connectivity index (χ3n) is 2.48. The summed E-state index contributed by atoms with van der Waals surface area (Å²) in [6.07, 6.45) is 0.950. The Hall–Kier alpha value is -0.840. The van der Waals surface area contributed by atoms with E-state index in [1.54, 1.807) is 7.11 Å². The highest BCUT2D eigenvalue weighted by molar-refractivity contribution is 7.80. The molecule has 5 heteroatoms. The molecule has 1 N–H and O–H groups in total. The van der Waals surface area contributed by atoms with Crippen molar-refractivity contribution in [3.63, 3.8) is 0 Å². The van der Waals surface area contributed by atoms with Crippen molar-refractivity contribution in [3.05, 3.63) is 34.9 Å². The van der Waals surface area contributed by atoms with Crippen LogP contribution in [0.2, 0.25) is 5.02 Å². The van der Waals surface area contributed by atoms with Crippen LogP contribution in [0.25, 0.3) is 0 Å². The topological polar surface area (TPSA) is 24.5 Å². The first-order valence-electron chi connectivity index (χ1n) is 5.86. The number of rotatable bonds is 6. The Morgan fingerprint density at radius 1 is 1.39 bits per heavy atom. The molecule has 1 rings (SSSR count). The van der Waals surface area contributed by atoms with Crippen LogP contribution in [-0.2, 0) is 11.3 Å². The van der Waals surface area contributed by atoms with Gasteiger partial charge in [-0.15, -0.1) is 0 Å². The maximum absolute atomic E-state index is 5.85. The van der Waals surface area contributed by atoms with E-state index in [1.807, 2.05) is 36.2 Å². The molecule has 0 saturated carbocycles. The summed E-state index contributed by atoms with van der Waals surface area (Å²) in [5, 5.41) is 4.70. The molecule has 100 valence electrons. The molecule has 1 aromatic rings. The van der Waals surface area contributed by atoms with Crippen LogP contribution in [0.3, 0.4) is 0 Å². The molecule has 0 unspecified atom stereocenters. The van der Waals surface area contributed by atoms with E-state index < -0.39 is 0 Å². The highest BCUT2D eigenvalue weighted by atomic mass is 35.5. The summed E-state index contributed by atoms with van der Waals surface area (Å²) in [5.74, 6) is 0. The third kappa shape index (κ3) is 5.67. The van der Waals surface area contributed by atoms with Crippen LogP contribution in [0.4, 0.5) is 0 Å². The molecule has 1 aromatic carbocycles. The van der Waals surface area contributed by atoms with Crippen LogP contribution < -0.4 is 5.32 Å². The molecule has 0 spiro atoms. The van der Waals surface area contributed by atoms with Crippen molar-refractivity contribution in [2.24, 2.45) is 0 Å². The molecule has 0 aliphatic carbocycles. The lowest BCUT2D eigenvalue weighted by Crippen LogP contribution is -2.37. The summed E-state index contributed by atoms with van der Waals surface area (Å²) in [5.41, 5.74) is 1.18. The second kappa shape index (κ2) is 8.29. The Morgan fingerprint density at radius 2 is 2.06 bits per heavy atom. The minimum Gasteiger partial charge on any atom is -0.385 e. The normalized spacial score (nSPS) is 10.2. The molecule has 0 aliphatic rings. The molecule has 3 nitrogen and oxygen atoms in total. The smallest absolute Gasteiger partial charge is 0.168 e. The van der Waals surface area contributed by atoms with Gasteiger partial charge in [-0.1, -0.05) is 23.7 Å². The van der Waals surface area contributed by atoms with Gasteiger partial charge in [-0.3, -0.25) is 0 Å². The standard InChI is InChI=1S/C13H19ClN2OS/c1-16(13(18)15-8-3-9-17-2)10-11-4-6-12(14)7-5-11/h4-7H,3,8-10H2,1-2H3,(H,15,18). The Kier molecular flexibility index (Phi) is 7.01. The zero-order chi connectivity index (χ0) is 13.4. The molecule has 0 fully saturated rings. The fourth-order valence-electron chi connectivity index (χ4n) is 1.48. The Balaban J connectivity index is 2.33. The van der Waals surface area contributed by atoms with E-state index in [4.69, 9.17) is 28.6 Å². The van der Waals surface area contributed by atoms with Gasteiger partial charge in [0.25, 0.3) is 0 Å². The summed E-state index contributed by atoms with van der Waals surface area (Å²) in [4.78, 5) is 2.01. The molecule has 0 aromatic heterocycles. The first-order valence-corrected chi connectivity index (χ1v) is 6.64. The molecule has 0 heterocycles. The summed E-state index contributed by atoms with van der Waals surface area (Å²) in [7, 11) is 3.67. The largest absolute Gasteiger partial charge is 0.385 e. The van der Waals surface area contributed by atoms with Gasteiger partial charge in [-0.05, 0) is 36.3 Å². The number of halogens is 1. The molecule has 18 heavy (non-hydrogen) atoms. The molecule has 0 aliphatic heterocycles. The maximum atomic E-state index is 5.85. The Morgan fingerprint density at radius 3 is 2.67 bits per heavy atom. The Bertz CT molecular complexity index is 370. The highest BCUT2D eigenvalue weighted by Gasteiger charge is 2.04. The summed E-state index contributed by atoms with van der Waals surface area (Å²) >= 11 is 11.1. The van der Waals surface area contributed by atoms with Crippen LogP contribution in [0.5, 0.6) is 0 Å². The number of hydrogen-bond donors (Lipinski definition) is 1. The van der Waals surface area contributed by atoms with E-state index in [-0.39, 0.29) is 0 Å². The lowest BCUT2D eigenvalue weighted by Gasteiger charge is -2.21. The highest BCUT2D eigenvalue weighted by Crippen LogP contribution is 2.10. The molecule has 0 bridgehead atoms. The van der Waals surface area contributed by atoms with Gasteiger partial charge < -0.3 is 15.0 Å². The van der Waals surface area contributed by atoms with E-state index >= 15 is 0 Å². The van der Waals surface area contributed by atoms with Gasteiger partial charge in [0.15, 0.2) is 5.11 Å². The summed E-state index contributed by atoms with van der Waals surface area (Å²) in [6, 6.07) is 7.79. The van der Waals surface area contributed by atoms with E-state index in [2.05, 4.69) is 5.32 Å². The monoisotopic (exact) mass is 286 g/mol. The van der Waals surface area contributed by atoms with Crippen LogP contribution >= 0.6 is 23.8 Å². The van der Waals surface area contributed by atoms with E-state index in [0.29, 0.717) is 0 Å². The predicted octanol–water partition coefficient (Wildman–Crippen LogP) is 2.68. The first kappa shape index (κ1) is 15.2. The first-order chi connectivity index (χ1) is 8.63. The molecular formula is C13H19ClN2OS. The van der Waals surface area contributed by atoms with Crippen LogP contribution in [-0.4, -0.2) is 37.3 Å². The zero-order valence-electron chi connectivity index (χ0n) is 10.8. The van der Waals surface area contributed by atoms with Crippen molar-refractivity contribution in [1.82, 2.24) is 10.2 Å². The summed E-state index contributed by atoms with van der Waals surface area (Å²) in [6.45, 7) is 2.35. The van der Waals surface area contributed by atoms with Gasteiger partial charge >= 0.3 is 0 Å². The van der Waals surface area contributed by atoms with E-state index in [0.717, 1.165) is 36.3 Å². The SMILES string of the molecule is COCCCNC(=S)N(C)Cc1ccc(Cl)cc1. The lowest BCUT2D eigenvalue weighted by atomic mass is 10.2. The lowest BCUT2D eigenvalue weighted by molar-refractivity contribution is 0.195. The second-order valence-electron chi connectivity index (χ2n) is 4.06. The van der Waals surface area contributed by atoms with Gasteiger partial charge in [0.1, 0.15) is 0 Å². The molecular weight excluding hydrogens is 268 g/mol. The Labute approximate surface area is 119 Å².